The first-order chi connectivity index (χ1) is 8.60. The molecule has 0 radical (unpaired) electrons. The van der Waals surface area contributed by atoms with E-state index in [1.807, 2.05) is 13.8 Å². The molecule has 0 aliphatic carbocycles. The van der Waals surface area contributed by atoms with Gasteiger partial charge in [-0.05, 0) is 48.6 Å². The van der Waals surface area contributed by atoms with E-state index in [9.17, 15) is 4.79 Å². The van der Waals surface area contributed by atoms with Crippen molar-refractivity contribution in [2.45, 2.75) is 40.5 Å². The number of rotatable bonds is 4. The number of carbonyl (C=O) groups excluding carboxylic acids is 1. The molecule has 96 valence electrons. The lowest BCUT2D eigenvalue weighted by atomic mass is 9.96. The van der Waals surface area contributed by atoms with E-state index in [-0.39, 0.29) is 5.78 Å². The molecule has 2 aromatic rings. The molecule has 3 heteroatoms. The maximum absolute atomic E-state index is 12.8. The summed E-state index contributed by atoms with van der Waals surface area (Å²) in [4.78, 5) is 15.1. The molecule has 0 amide bonds. The van der Waals surface area contributed by atoms with Crippen LogP contribution in [0.5, 0.6) is 0 Å². The molecule has 0 aliphatic heterocycles. The summed E-state index contributed by atoms with van der Waals surface area (Å²) in [6.45, 7) is 8.31. The Kier molecular flexibility index (Phi) is 4.03. The van der Waals surface area contributed by atoms with Gasteiger partial charge in [0.1, 0.15) is 0 Å². The second kappa shape index (κ2) is 5.37. The smallest absolute Gasteiger partial charge is 0.195 e. The van der Waals surface area contributed by atoms with E-state index in [4.69, 9.17) is 0 Å². The topological polar surface area (TPSA) is 17.1 Å². The molecule has 0 fully saturated rings. The lowest BCUT2D eigenvalue weighted by Gasteiger charge is -2.06. The zero-order valence-corrected chi connectivity index (χ0v) is 12.9. The Morgan fingerprint density at radius 2 is 1.33 bits per heavy atom. The fourth-order valence-corrected chi connectivity index (χ4v) is 4.15. The quantitative estimate of drug-likeness (QED) is 0.735. The highest BCUT2D eigenvalue weighted by Gasteiger charge is 2.22. The Morgan fingerprint density at radius 1 is 0.944 bits per heavy atom. The van der Waals surface area contributed by atoms with E-state index in [0.717, 1.165) is 33.7 Å². The molecule has 0 aliphatic rings. The first-order valence-corrected chi connectivity index (χ1v) is 8.04. The summed E-state index contributed by atoms with van der Waals surface area (Å²) in [5.74, 6) is 0.223. The molecule has 2 rings (SSSR count). The summed E-state index contributed by atoms with van der Waals surface area (Å²) in [6, 6.07) is 0. The number of ketones is 1. The zero-order valence-electron chi connectivity index (χ0n) is 11.3. The highest BCUT2D eigenvalue weighted by Crippen LogP contribution is 2.30. The first-order valence-electron chi connectivity index (χ1n) is 6.28. The van der Waals surface area contributed by atoms with E-state index in [1.54, 1.807) is 22.7 Å². The lowest BCUT2D eigenvalue weighted by Crippen LogP contribution is -2.07. The van der Waals surface area contributed by atoms with Crippen LogP contribution in [0.3, 0.4) is 0 Å². The minimum Gasteiger partial charge on any atom is -0.289 e. The molecular weight excluding hydrogens is 260 g/mol. The molecule has 0 saturated carbocycles. The Bertz CT molecular complexity index is 525. The summed E-state index contributed by atoms with van der Waals surface area (Å²) in [5.41, 5.74) is 4.27. The summed E-state index contributed by atoms with van der Waals surface area (Å²) >= 11 is 3.37. The van der Waals surface area contributed by atoms with Gasteiger partial charge in [-0.2, -0.15) is 0 Å². The fraction of sp³-hybridized carbons (Fsp3) is 0.400. The molecule has 0 unspecified atom stereocenters. The van der Waals surface area contributed by atoms with E-state index in [2.05, 4.69) is 24.6 Å². The van der Waals surface area contributed by atoms with Crippen molar-refractivity contribution in [3.63, 3.8) is 0 Å². The third kappa shape index (κ3) is 2.17. The van der Waals surface area contributed by atoms with Gasteiger partial charge in [0.25, 0.3) is 0 Å². The molecule has 2 aromatic heterocycles. The standard InChI is InChI=1S/C15H18OS2/c1-5-11-7-17-9(3)13(11)15(16)14-10(4)18-8-12(14)6-2/h7-8H,5-6H2,1-4H3. The average molecular weight is 278 g/mol. The van der Waals surface area contributed by atoms with Crippen molar-refractivity contribution in [2.75, 3.05) is 0 Å². The predicted octanol–water partition coefficient (Wildman–Crippen LogP) is 4.78. The maximum Gasteiger partial charge on any atom is 0.195 e. The Hall–Kier alpha value is -0.930. The van der Waals surface area contributed by atoms with Crippen molar-refractivity contribution in [3.8, 4) is 0 Å². The first kappa shape index (κ1) is 13.5. The third-order valence-electron chi connectivity index (χ3n) is 3.32. The van der Waals surface area contributed by atoms with Crippen molar-refractivity contribution < 1.29 is 4.79 Å². The van der Waals surface area contributed by atoms with Gasteiger partial charge in [-0.1, -0.05) is 13.8 Å². The monoisotopic (exact) mass is 278 g/mol. The summed E-state index contributed by atoms with van der Waals surface area (Å²) in [7, 11) is 0. The van der Waals surface area contributed by atoms with Crippen LogP contribution in [-0.2, 0) is 12.8 Å². The van der Waals surface area contributed by atoms with E-state index < -0.39 is 0 Å². The Labute approximate surface area is 116 Å². The molecular formula is C15H18OS2. The minimum absolute atomic E-state index is 0.223. The van der Waals surface area contributed by atoms with Crippen LogP contribution in [0.2, 0.25) is 0 Å². The molecule has 0 N–H and O–H groups in total. The van der Waals surface area contributed by atoms with Crippen LogP contribution in [0.1, 0.15) is 50.7 Å². The third-order valence-corrected chi connectivity index (χ3v) is 5.24. The van der Waals surface area contributed by atoms with Gasteiger partial charge in [-0.15, -0.1) is 22.7 Å². The predicted molar refractivity (Wildman–Crippen MR) is 80.3 cm³/mol. The highest BCUT2D eigenvalue weighted by atomic mass is 32.1. The maximum atomic E-state index is 12.8. The van der Waals surface area contributed by atoms with Gasteiger partial charge in [0.2, 0.25) is 0 Å². The molecule has 18 heavy (non-hydrogen) atoms. The Morgan fingerprint density at radius 3 is 1.67 bits per heavy atom. The number of carbonyl (C=O) groups is 1. The van der Waals surface area contributed by atoms with Gasteiger partial charge >= 0.3 is 0 Å². The fourth-order valence-electron chi connectivity index (χ4n) is 2.26. The summed E-state index contributed by atoms with van der Waals surface area (Å²) < 4.78 is 0. The molecule has 2 heterocycles. The van der Waals surface area contributed by atoms with Crippen LogP contribution in [-0.4, -0.2) is 5.78 Å². The minimum atomic E-state index is 0.223. The Balaban J connectivity index is 2.54. The SMILES string of the molecule is CCc1csc(C)c1C(=O)c1c(CC)csc1C. The molecule has 0 aromatic carbocycles. The van der Waals surface area contributed by atoms with Gasteiger partial charge in [0.05, 0.1) is 0 Å². The summed E-state index contributed by atoms with van der Waals surface area (Å²) in [6.07, 6.45) is 1.85. The van der Waals surface area contributed by atoms with Crippen LogP contribution in [0.4, 0.5) is 0 Å². The van der Waals surface area contributed by atoms with Crippen LogP contribution in [0, 0.1) is 13.8 Å². The van der Waals surface area contributed by atoms with Gasteiger partial charge in [0.15, 0.2) is 5.78 Å². The van der Waals surface area contributed by atoms with Gasteiger partial charge in [0, 0.05) is 20.9 Å². The second-order valence-corrected chi connectivity index (χ2v) is 6.59. The van der Waals surface area contributed by atoms with Crippen LogP contribution in [0.15, 0.2) is 10.8 Å². The molecule has 0 atom stereocenters. The van der Waals surface area contributed by atoms with E-state index in [1.165, 1.54) is 11.1 Å². The molecule has 1 nitrogen and oxygen atoms in total. The van der Waals surface area contributed by atoms with E-state index >= 15 is 0 Å². The normalized spacial score (nSPS) is 10.9. The van der Waals surface area contributed by atoms with E-state index in [0.29, 0.717) is 0 Å². The van der Waals surface area contributed by atoms with Crippen molar-refractivity contribution in [2.24, 2.45) is 0 Å². The van der Waals surface area contributed by atoms with Gasteiger partial charge in [-0.3, -0.25) is 4.79 Å². The number of hydrogen-bond acceptors (Lipinski definition) is 3. The number of hydrogen-bond donors (Lipinski definition) is 0. The van der Waals surface area contributed by atoms with Crippen molar-refractivity contribution in [1.29, 1.82) is 0 Å². The molecule has 0 bridgehead atoms. The number of thiophene rings is 2. The van der Waals surface area contributed by atoms with Crippen molar-refractivity contribution in [1.82, 2.24) is 0 Å². The largest absolute Gasteiger partial charge is 0.289 e. The summed E-state index contributed by atoms with van der Waals surface area (Å²) in [5, 5.41) is 4.24. The van der Waals surface area contributed by atoms with Crippen molar-refractivity contribution >= 4 is 28.5 Å². The van der Waals surface area contributed by atoms with Gasteiger partial charge < -0.3 is 0 Å². The van der Waals surface area contributed by atoms with Crippen LogP contribution in [0.25, 0.3) is 0 Å². The second-order valence-electron chi connectivity index (χ2n) is 4.42. The lowest BCUT2D eigenvalue weighted by molar-refractivity contribution is 0.103. The van der Waals surface area contributed by atoms with Crippen LogP contribution < -0.4 is 0 Å². The zero-order chi connectivity index (χ0) is 13.3. The molecule has 0 saturated heterocycles. The highest BCUT2D eigenvalue weighted by molar-refractivity contribution is 7.11. The number of aryl methyl sites for hydroxylation is 4. The van der Waals surface area contributed by atoms with Crippen LogP contribution >= 0.6 is 22.7 Å². The van der Waals surface area contributed by atoms with Crippen molar-refractivity contribution in [3.05, 3.63) is 42.8 Å². The average Bonchev–Trinajstić information content (AvgIpc) is 2.91. The van der Waals surface area contributed by atoms with Gasteiger partial charge in [-0.25, -0.2) is 0 Å². The molecule has 0 spiro atoms.